The maximum absolute atomic E-state index is 12.4. The molecule has 0 spiro atoms. The molecule has 2 atom stereocenters. The molecule has 4 rings (SSSR count). The van der Waals surface area contributed by atoms with Gasteiger partial charge in [-0.2, -0.15) is 0 Å². The Hall–Kier alpha value is -3.62. The van der Waals surface area contributed by atoms with Crippen molar-refractivity contribution in [2.24, 2.45) is 0 Å². The van der Waals surface area contributed by atoms with Gasteiger partial charge >= 0.3 is 0 Å². The van der Waals surface area contributed by atoms with Crippen molar-refractivity contribution in [3.8, 4) is 11.1 Å². The van der Waals surface area contributed by atoms with Gasteiger partial charge in [0.15, 0.2) is 0 Å². The van der Waals surface area contributed by atoms with Gasteiger partial charge in [0.2, 0.25) is 0 Å². The number of nitrogens with zero attached hydrogens (tertiary/aromatic N) is 3. The Kier molecular flexibility index (Phi) is 7.30. The molecule has 0 amide bonds. The number of fused-ring (bicyclic) bond motifs is 1. The number of aryl methyl sites for hydroxylation is 1. The van der Waals surface area contributed by atoms with Crippen molar-refractivity contribution in [2.75, 3.05) is 4.31 Å². The highest BCUT2D eigenvalue weighted by molar-refractivity contribution is 7.80. The molecule has 0 aliphatic carbocycles. The third kappa shape index (κ3) is 5.30. The largest absolute Gasteiger partial charge is 0.755 e. The molecule has 0 saturated carbocycles. The summed E-state index contributed by atoms with van der Waals surface area (Å²) in [6.07, 6.45) is 5.49. The Balaban J connectivity index is 1.59. The lowest BCUT2D eigenvalue weighted by molar-refractivity contribution is -0.384. The van der Waals surface area contributed by atoms with Crippen LogP contribution in [0.5, 0.6) is 0 Å². The summed E-state index contributed by atoms with van der Waals surface area (Å²) in [6.45, 7) is 1.90. The zero-order valence-corrected chi connectivity index (χ0v) is 19.5. The van der Waals surface area contributed by atoms with Crippen LogP contribution < -0.4 is 4.31 Å². The third-order valence-electron chi connectivity index (χ3n) is 5.87. The van der Waals surface area contributed by atoms with Crippen molar-refractivity contribution >= 4 is 33.4 Å². The van der Waals surface area contributed by atoms with Crippen LogP contribution in [-0.4, -0.2) is 24.7 Å². The molecule has 7 nitrogen and oxygen atoms in total. The minimum atomic E-state index is -2.47. The first-order chi connectivity index (χ1) is 16.4. The molecule has 0 aliphatic rings. The molecule has 2 unspecified atom stereocenters. The molecule has 8 heteroatoms. The molecule has 0 aliphatic heterocycles. The zero-order valence-electron chi connectivity index (χ0n) is 18.7. The zero-order chi connectivity index (χ0) is 24.1. The maximum atomic E-state index is 12.4. The van der Waals surface area contributed by atoms with Crippen LogP contribution in [0.4, 0.5) is 11.4 Å². The molecule has 1 aromatic heterocycles. The van der Waals surface area contributed by atoms with Gasteiger partial charge in [0, 0.05) is 52.6 Å². The number of hydrogen-bond acceptors (Lipinski definition) is 5. The summed E-state index contributed by atoms with van der Waals surface area (Å²) in [5.74, 6) is 0. The van der Waals surface area contributed by atoms with Gasteiger partial charge in [-0.05, 0) is 61.1 Å². The highest BCUT2D eigenvalue weighted by atomic mass is 32.2. The summed E-state index contributed by atoms with van der Waals surface area (Å²) in [7, 11) is 0. The van der Waals surface area contributed by atoms with Crippen molar-refractivity contribution in [1.82, 2.24) is 4.98 Å². The quantitative estimate of drug-likeness (QED) is 0.173. The van der Waals surface area contributed by atoms with Crippen LogP contribution in [0.2, 0.25) is 0 Å². The average molecular weight is 475 g/mol. The van der Waals surface area contributed by atoms with Crippen LogP contribution in [0.25, 0.3) is 21.9 Å². The third-order valence-corrected chi connectivity index (χ3v) is 6.75. The van der Waals surface area contributed by atoms with Gasteiger partial charge in [-0.3, -0.25) is 23.6 Å². The first-order valence-electron chi connectivity index (χ1n) is 11.0. The number of pyridine rings is 1. The minimum Gasteiger partial charge on any atom is -0.755 e. The van der Waals surface area contributed by atoms with E-state index in [2.05, 4.69) is 4.98 Å². The van der Waals surface area contributed by atoms with Crippen molar-refractivity contribution < 1.29 is 13.7 Å². The fourth-order valence-corrected chi connectivity index (χ4v) is 4.85. The lowest BCUT2D eigenvalue weighted by atomic mass is 10.00. The normalized spacial score (nSPS) is 12.9. The highest BCUT2D eigenvalue weighted by Crippen LogP contribution is 2.35. The number of nitro groups is 1. The molecule has 0 saturated heterocycles. The number of aromatic nitrogens is 1. The molecule has 1 heterocycles. The summed E-state index contributed by atoms with van der Waals surface area (Å²) in [4.78, 5) is 14.6. The van der Waals surface area contributed by atoms with E-state index in [0.717, 1.165) is 33.9 Å². The van der Waals surface area contributed by atoms with Crippen LogP contribution in [-0.2, 0) is 17.7 Å². The topological polar surface area (TPSA) is 99.4 Å². The van der Waals surface area contributed by atoms with E-state index in [-0.39, 0.29) is 11.7 Å². The van der Waals surface area contributed by atoms with Gasteiger partial charge < -0.3 is 4.55 Å². The standard InChI is InChI=1S/C26H25N3O4S/c1-19(6-5-7-20-10-12-24(13-11-20)29(30)31)28(34(32)33)26-17-22(21-8-3-2-4-9-21)16-23-18-27-15-14-25(23)26/h2-4,8-19H,5-7H2,1H3,(H,32,33)/p-1. The van der Waals surface area contributed by atoms with Crippen LogP contribution in [0.3, 0.4) is 0 Å². The Morgan fingerprint density at radius 1 is 1.03 bits per heavy atom. The smallest absolute Gasteiger partial charge is 0.269 e. The van der Waals surface area contributed by atoms with Crippen molar-refractivity contribution in [3.63, 3.8) is 0 Å². The van der Waals surface area contributed by atoms with Gasteiger partial charge in [0.05, 0.1) is 10.6 Å². The molecule has 0 N–H and O–H groups in total. The summed E-state index contributed by atoms with van der Waals surface area (Å²) in [6, 6.07) is 21.8. The molecule has 34 heavy (non-hydrogen) atoms. The Bertz CT molecular complexity index is 1310. The van der Waals surface area contributed by atoms with E-state index in [1.165, 1.54) is 16.4 Å². The number of benzene rings is 3. The van der Waals surface area contributed by atoms with E-state index >= 15 is 0 Å². The number of nitro benzene ring substituents is 1. The highest BCUT2D eigenvalue weighted by Gasteiger charge is 2.19. The second kappa shape index (κ2) is 10.5. The lowest BCUT2D eigenvalue weighted by Gasteiger charge is -2.34. The van der Waals surface area contributed by atoms with Crippen molar-refractivity contribution in [2.45, 2.75) is 32.2 Å². The molecular weight excluding hydrogens is 450 g/mol. The van der Waals surface area contributed by atoms with Crippen molar-refractivity contribution in [1.29, 1.82) is 0 Å². The second-order valence-corrected chi connectivity index (χ2v) is 8.99. The summed E-state index contributed by atoms with van der Waals surface area (Å²) >= 11 is -2.47. The minimum absolute atomic E-state index is 0.0599. The molecule has 0 radical (unpaired) electrons. The van der Waals surface area contributed by atoms with E-state index in [0.29, 0.717) is 18.5 Å². The van der Waals surface area contributed by atoms with E-state index in [4.69, 9.17) is 0 Å². The van der Waals surface area contributed by atoms with Crippen molar-refractivity contribution in [3.05, 3.63) is 101 Å². The summed E-state index contributed by atoms with van der Waals surface area (Å²) in [5.41, 5.74) is 3.58. The summed E-state index contributed by atoms with van der Waals surface area (Å²) in [5, 5.41) is 12.5. The molecular formula is C26H24N3O4S-. The van der Waals surface area contributed by atoms with E-state index in [9.17, 15) is 18.9 Å². The van der Waals surface area contributed by atoms with Gasteiger partial charge in [0.25, 0.3) is 5.69 Å². The first-order valence-corrected chi connectivity index (χ1v) is 12.0. The van der Waals surface area contributed by atoms with Crippen LogP contribution in [0, 0.1) is 10.1 Å². The number of hydrogen-bond donors (Lipinski definition) is 0. The Morgan fingerprint density at radius 3 is 2.44 bits per heavy atom. The number of anilines is 1. The lowest BCUT2D eigenvalue weighted by Crippen LogP contribution is -2.35. The van der Waals surface area contributed by atoms with Crippen LogP contribution in [0.15, 0.2) is 85.2 Å². The first kappa shape index (κ1) is 23.5. The van der Waals surface area contributed by atoms with E-state index in [1.807, 2.05) is 55.5 Å². The molecule has 174 valence electrons. The van der Waals surface area contributed by atoms with Crippen LogP contribution in [0.1, 0.15) is 25.3 Å². The van der Waals surface area contributed by atoms with E-state index < -0.39 is 16.2 Å². The second-order valence-electron chi connectivity index (χ2n) is 8.17. The predicted molar refractivity (Wildman–Crippen MR) is 134 cm³/mol. The molecule has 0 fully saturated rings. The van der Waals surface area contributed by atoms with E-state index in [1.54, 1.807) is 24.5 Å². The maximum Gasteiger partial charge on any atom is 0.269 e. The average Bonchev–Trinajstić information content (AvgIpc) is 2.84. The Labute approximate surface area is 200 Å². The van der Waals surface area contributed by atoms with Crippen LogP contribution >= 0.6 is 0 Å². The SMILES string of the molecule is CC(CCCc1ccc([N+](=O)[O-])cc1)N(c1cc(-c2ccccc2)cc2cnccc12)S(=O)[O-]. The van der Waals surface area contributed by atoms with Gasteiger partial charge in [0.1, 0.15) is 0 Å². The monoisotopic (exact) mass is 474 g/mol. The number of rotatable bonds is 9. The predicted octanol–water partition coefficient (Wildman–Crippen LogP) is 5.82. The Morgan fingerprint density at radius 2 is 1.76 bits per heavy atom. The van der Waals surface area contributed by atoms with Gasteiger partial charge in [-0.1, -0.05) is 42.5 Å². The summed E-state index contributed by atoms with van der Waals surface area (Å²) < 4.78 is 26.3. The fraction of sp³-hybridized carbons (Fsp3) is 0.192. The van der Waals surface area contributed by atoms with Gasteiger partial charge in [-0.15, -0.1) is 0 Å². The van der Waals surface area contributed by atoms with Gasteiger partial charge in [-0.25, -0.2) is 0 Å². The molecule has 4 aromatic rings. The molecule has 3 aromatic carbocycles. The number of non-ortho nitro benzene ring substituents is 1. The fourth-order valence-electron chi connectivity index (χ4n) is 4.14. The molecule has 0 bridgehead atoms.